The van der Waals surface area contributed by atoms with Crippen molar-refractivity contribution < 1.29 is 4.79 Å². The number of fused-ring (bicyclic) bond motifs is 1. The van der Waals surface area contributed by atoms with Gasteiger partial charge in [0.2, 0.25) is 5.91 Å². The zero-order chi connectivity index (χ0) is 13.4. The Hall–Kier alpha value is -2.62. The number of hydrogen-bond acceptors (Lipinski definition) is 2. The monoisotopic (exact) mass is 251 g/mol. The van der Waals surface area contributed by atoms with Crippen molar-refractivity contribution in [2.75, 3.05) is 0 Å². The summed E-state index contributed by atoms with van der Waals surface area (Å²) in [6.45, 7) is 2.04. The molecule has 3 rings (SSSR count). The van der Waals surface area contributed by atoms with E-state index >= 15 is 0 Å². The van der Waals surface area contributed by atoms with E-state index in [1.807, 2.05) is 31.2 Å². The van der Waals surface area contributed by atoms with Gasteiger partial charge in [-0.3, -0.25) is 9.89 Å². The minimum absolute atomic E-state index is 0.433. The maximum atomic E-state index is 11.2. The molecule has 0 aliphatic rings. The lowest BCUT2D eigenvalue weighted by atomic mass is 10.0. The van der Waals surface area contributed by atoms with Gasteiger partial charge in [-0.15, -0.1) is 0 Å². The number of nitrogens with zero attached hydrogens (tertiary/aromatic N) is 1. The first-order valence-corrected chi connectivity index (χ1v) is 6.00. The Morgan fingerprint density at radius 2 is 2.05 bits per heavy atom. The first kappa shape index (κ1) is 11.5. The molecule has 1 amide bonds. The third-order valence-electron chi connectivity index (χ3n) is 3.14. The van der Waals surface area contributed by atoms with Gasteiger partial charge >= 0.3 is 0 Å². The minimum Gasteiger partial charge on any atom is -0.366 e. The predicted octanol–water partition coefficient (Wildman–Crippen LogP) is 2.64. The molecule has 4 heteroatoms. The molecule has 1 aromatic heterocycles. The van der Waals surface area contributed by atoms with Gasteiger partial charge in [0.05, 0.1) is 11.2 Å². The zero-order valence-electron chi connectivity index (χ0n) is 10.5. The molecule has 1 heterocycles. The normalized spacial score (nSPS) is 10.8. The molecular weight excluding hydrogens is 238 g/mol. The standard InChI is InChI=1S/C15H13N3O/c1-9-5-6-13-12(7-9)14(18-17-13)10-3-2-4-11(8-10)15(16)19/h2-8H,1H3,(H2,16,19)(H,17,18). The van der Waals surface area contributed by atoms with E-state index in [9.17, 15) is 4.79 Å². The molecule has 0 saturated heterocycles. The summed E-state index contributed by atoms with van der Waals surface area (Å²) < 4.78 is 0. The molecule has 0 bridgehead atoms. The number of H-pyrrole nitrogens is 1. The number of aryl methyl sites for hydroxylation is 1. The van der Waals surface area contributed by atoms with E-state index in [0.717, 1.165) is 22.2 Å². The molecule has 0 aliphatic carbocycles. The smallest absolute Gasteiger partial charge is 0.248 e. The topological polar surface area (TPSA) is 71.8 Å². The average Bonchev–Trinajstić information content (AvgIpc) is 2.81. The fraction of sp³-hybridized carbons (Fsp3) is 0.0667. The molecule has 3 aromatic rings. The predicted molar refractivity (Wildman–Crippen MR) is 74.8 cm³/mol. The van der Waals surface area contributed by atoms with E-state index in [0.29, 0.717) is 5.56 Å². The maximum Gasteiger partial charge on any atom is 0.248 e. The fourth-order valence-corrected chi connectivity index (χ4v) is 2.17. The Balaban J connectivity index is 2.21. The second kappa shape index (κ2) is 4.24. The molecule has 0 atom stereocenters. The number of primary amides is 1. The number of benzene rings is 2. The van der Waals surface area contributed by atoms with Crippen LogP contribution >= 0.6 is 0 Å². The van der Waals surface area contributed by atoms with E-state index in [-0.39, 0.29) is 0 Å². The molecule has 0 aliphatic heterocycles. The van der Waals surface area contributed by atoms with Gasteiger partial charge in [-0.1, -0.05) is 23.8 Å². The van der Waals surface area contributed by atoms with Crippen LogP contribution in [0.2, 0.25) is 0 Å². The van der Waals surface area contributed by atoms with Crippen LogP contribution < -0.4 is 5.73 Å². The summed E-state index contributed by atoms with van der Waals surface area (Å²) in [5, 5.41) is 8.37. The van der Waals surface area contributed by atoms with Crippen LogP contribution in [0.4, 0.5) is 0 Å². The van der Waals surface area contributed by atoms with Crippen molar-refractivity contribution >= 4 is 16.8 Å². The van der Waals surface area contributed by atoms with Gasteiger partial charge in [0.25, 0.3) is 0 Å². The Kier molecular flexibility index (Phi) is 2.56. The van der Waals surface area contributed by atoms with E-state index in [2.05, 4.69) is 16.3 Å². The molecule has 3 N–H and O–H groups in total. The number of nitrogens with two attached hydrogens (primary N) is 1. The first-order chi connectivity index (χ1) is 9.15. The number of nitrogens with one attached hydrogen (secondary N) is 1. The highest BCUT2D eigenvalue weighted by atomic mass is 16.1. The highest BCUT2D eigenvalue weighted by molar-refractivity contribution is 5.97. The Morgan fingerprint density at radius 3 is 2.84 bits per heavy atom. The largest absolute Gasteiger partial charge is 0.366 e. The van der Waals surface area contributed by atoms with Gasteiger partial charge in [-0.05, 0) is 31.2 Å². The van der Waals surface area contributed by atoms with Crippen molar-refractivity contribution in [2.45, 2.75) is 6.92 Å². The fourth-order valence-electron chi connectivity index (χ4n) is 2.17. The Labute approximate surface area is 110 Å². The van der Waals surface area contributed by atoms with Crippen molar-refractivity contribution in [3.05, 3.63) is 53.6 Å². The number of hydrogen-bond donors (Lipinski definition) is 2. The van der Waals surface area contributed by atoms with Crippen LogP contribution in [0.1, 0.15) is 15.9 Å². The second-order valence-electron chi connectivity index (χ2n) is 4.57. The summed E-state index contributed by atoms with van der Waals surface area (Å²) >= 11 is 0. The quantitative estimate of drug-likeness (QED) is 0.735. The number of aromatic amines is 1. The SMILES string of the molecule is Cc1ccc2[nH]nc(-c3cccc(C(N)=O)c3)c2c1. The molecule has 2 aromatic carbocycles. The molecule has 0 unspecified atom stereocenters. The van der Waals surface area contributed by atoms with Crippen molar-refractivity contribution in [1.82, 2.24) is 10.2 Å². The molecule has 0 saturated carbocycles. The molecule has 0 radical (unpaired) electrons. The van der Waals surface area contributed by atoms with Gasteiger partial charge in [-0.2, -0.15) is 5.10 Å². The van der Waals surface area contributed by atoms with Crippen molar-refractivity contribution in [3.63, 3.8) is 0 Å². The van der Waals surface area contributed by atoms with Crippen molar-refractivity contribution in [2.24, 2.45) is 5.73 Å². The van der Waals surface area contributed by atoms with E-state index in [1.165, 1.54) is 5.56 Å². The van der Waals surface area contributed by atoms with Crippen LogP contribution in [-0.2, 0) is 0 Å². The molecular formula is C15H13N3O. The number of amides is 1. The Bertz CT molecular complexity index is 774. The molecule has 4 nitrogen and oxygen atoms in total. The maximum absolute atomic E-state index is 11.2. The van der Waals surface area contributed by atoms with Crippen LogP contribution in [-0.4, -0.2) is 16.1 Å². The van der Waals surface area contributed by atoms with Crippen molar-refractivity contribution in [1.29, 1.82) is 0 Å². The van der Waals surface area contributed by atoms with Crippen molar-refractivity contribution in [3.8, 4) is 11.3 Å². The highest BCUT2D eigenvalue weighted by Gasteiger charge is 2.10. The van der Waals surface area contributed by atoms with E-state index < -0.39 is 5.91 Å². The molecule has 19 heavy (non-hydrogen) atoms. The lowest BCUT2D eigenvalue weighted by Gasteiger charge is -2.01. The number of carbonyl (C=O) groups is 1. The summed E-state index contributed by atoms with van der Waals surface area (Å²) in [6.07, 6.45) is 0. The third kappa shape index (κ3) is 1.97. The second-order valence-corrected chi connectivity index (χ2v) is 4.57. The van der Waals surface area contributed by atoms with Crippen LogP contribution in [0.5, 0.6) is 0 Å². The number of carbonyl (C=O) groups excluding carboxylic acids is 1. The van der Waals surface area contributed by atoms with Crippen LogP contribution in [0, 0.1) is 6.92 Å². The average molecular weight is 251 g/mol. The molecule has 94 valence electrons. The highest BCUT2D eigenvalue weighted by Crippen LogP contribution is 2.27. The van der Waals surface area contributed by atoms with Gasteiger partial charge in [0, 0.05) is 16.5 Å². The van der Waals surface area contributed by atoms with Gasteiger partial charge in [0.1, 0.15) is 0 Å². The van der Waals surface area contributed by atoms with Gasteiger partial charge < -0.3 is 5.73 Å². The molecule has 0 spiro atoms. The third-order valence-corrected chi connectivity index (χ3v) is 3.14. The summed E-state index contributed by atoms with van der Waals surface area (Å²) in [6, 6.07) is 13.3. The van der Waals surface area contributed by atoms with E-state index in [1.54, 1.807) is 12.1 Å². The van der Waals surface area contributed by atoms with E-state index in [4.69, 9.17) is 5.73 Å². The Morgan fingerprint density at radius 1 is 1.21 bits per heavy atom. The lowest BCUT2D eigenvalue weighted by molar-refractivity contribution is 0.100. The first-order valence-electron chi connectivity index (χ1n) is 6.00. The summed E-state index contributed by atoms with van der Waals surface area (Å²) in [4.78, 5) is 11.2. The molecule has 0 fully saturated rings. The summed E-state index contributed by atoms with van der Waals surface area (Å²) in [5.74, 6) is -0.433. The van der Waals surface area contributed by atoms with Crippen LogP contribution in [0.25, 0.3) is 22.2 Å². The van der Waals surface area contributed by atoms with Crippen LogP contribution in [0.15, 0.2) is 42.5 Å². The number of rotatable bonds is 2. The number of aromatic nitrogens is 2. The summed E-state index contributed by atoms with van der Waals surface area (Å²) in [7, 11) is 0. The van der Waals surface area contributed by atoms with Crippen LogP contribution in [0.3, 0.4) is 0 Å². The van der Waals surface area contributed by atoms with Gasteiger partial charge in [-0.25, -0.2) is 0 Å². The zero-order valence-corrected chi connectivity index (χ0v) is 10.5. The van der Waals surface area contributed by atoms with Gasteiger partial charge in [0.15, 0.2) is 0 Å². The lowest BCUT2D eigenvalue weighted by Crippen LogP contribution is -2.10. The minimum atomic E-state index is -0.433. The summed E-state index contributed by atoms with van der Waals surface area (Å²) in [5.41, 5.74) is 9.66.